The van der Waals surface area contributed by atoms with Crippen LogP contribution >= 0.6 is 0 Å². The van der Waals surface area contributed by atoms with E-state index < -0.39 is 5.60 Å². The van der Waals surface area contributed by atoms with E-state index in [0.717, 1.165) is 58.7 Å². The molecule has 1 aromatic rings. The van der Waals surface area contributed by atoms with Crippen LogP contribution < -0.4 is 0 Å². The summed E-state index contributed by atoms with van der Waals surface area (Å²) in [6, 6.07) is 0. The van der Waals surface area contributed by atoms with Gasteiger partial charge in [0.1, 0.15) is 5.60 Å². The number of likely N-dealkylation sites (tertiary alicyclic amines) is 3. The maximum Gasteiger partial charge on any atom is 0.410 e. The molecule has 4 heterocycles. The lowest BCUT2D eigenvalue weighted by Crippen LogP contribution is -2.37. The van der Waals surface area contributed by atoms with Crippen LogP contribution in [0.3, 0.4) is 0 Å². The average Bonchev–Trinajstić information content (AvgIpc) is 3.33. The van der Waals surface area contributed by atoms with Crippen LogP contribution in [0.4, 0.5) is 4.79 Å². The third-order valence-corrected chi connectivity index (χ3v) is 6.87. The van der Waals surface area contributed by atoms with Gasteiger partial charge < -0.3 is 14.5 Å². The predicted octanol–water partition coefficient (Wildman–Crippen LogP) is 2.44. The van der Waals surface area contributed by atoms with E-state index in [1.165, 1.54) is 11.3 Å². The Morgan fingerprint density at radius 2 is 1.68 bits per heavy atom. The number of rotatable bonds is 3. The van der Waals surface area contributed by atoms with Crippen molar-refractivity contribution in [2.75, 3.05) is 39.3 Å². The van der Waals surface area contributed by atoms with Crippen molar-refractivity contribution >= 4 is 12.0 Å². The average molecular weight is 432 g/mol. The van der Waals surface area contributed by atoms with Crippen LogP contribution in [0.15, 0.2) is 6.20 Å². The summed E-state index contributed by atoms with van der Waals surface area (Å²) in [4.78, 5) is 30.4. The number of carbonyl (C=O) groups is 2. The number of amides is 2. The summed E-state index contributed by atoms with van der Waals surface area (Å²) in [5, 5.41) is 4.80. The molecule has 0 N–H and O–H groups in total. The molecule has 0 aromatic carbocycles. The van der Waals surface area contributed by atoms with Gasteiger partial charge in [0.2, 0.25) is 5.91 Å². The summed E-state index contributed by atoms with van der Waals surface area (Å²) >= 11 is 0. The smallest absolute Gasteiger partial charge is 0.410 e. The zero-order valence-corrected chi connectivity index (χ0v) is 19.6. The third-order valence-electron chi connectivity index (χ3n) is 6.87. The summed E-state index contributed by atoms with van der Waals surface area (Å²) in [7, 11) is 2.00. The van der Waals surface area contributed by atoms with Gasteiger partial charge in [0.15, 0.2) is 0 Å². The van der Waals surface area contributed by atoms with Crippen molar-refractivity contribution in [2.45, 2.75) is 58.6 Å². The Bertz CT molecular complexity index is 808. The number of ether oxygens (including phenoxy) is 1. The number of hydrogen-bond donors (Lipinski definition) is 0. The standard InChI is InChI=1S/C23H37N5O3/c1-16(29)27-8-6-17(7-9-27)21-20(10-25(5)24-21)13-26-11-18-14-28(15-19(18)12-26)22(30)31-23(2,3)4/h10,17-19H,6-9,11-15H2,1-5H3. The molecule has 31 heavy (non-hydrogen) atoms. The van der Waals surface area contributed by atoms with E-state index in [-0.39, 0.29) is 12.0 Å². The fourth-order valence-electron chi connectivity index (χ4n) is 5.42. The fourth-order valence-corrected chi connectivity index (χ4v) is 5.42. The van der Waals surface area contributed by atoms with E-state index in [1.807, 2.05) is 42.3 Å². The zero-order valence-electron chi connectivity index (χ0n) is 19.6. The Kier molecular flexibility index (Phi) is 6.03. The summed E-state index contributed by atoms with van der Waals surface area (Å²) in [6.45, 7) is 13.6. The van der Waals surface area contributed by atoms with Crippen molar-refractivity contribution < 1.29 is 14.3 Å². The molecule has 1 aromatic heterocycles. The highest BCUT2D eigenvalue weighted by Crippen LogP contribution is 2.35. The Hall–Kier alpha value is -2.09. The minimum atomic E-state index is -0.446. The highest BCUT2D eigenvalue weighted by atomic mass is 16.6. The molecule has 3 aliphatic heterocycles. The highest BCUT2D eigenvalue weighted by molar-refractivity contribution is 5.73. The van der Waals surface area contributed by atoms with E-state index in [1.54, 1.807) is 6.92 Å². The summed E-state index contributed by atoms with van der Waals surface area (Å²) < 4.78 is 7.49. The first-order chi connectivity index (χ1) is 14.6. The Morgan fingerprint density at radius 3 is 2.23 bits per heavy atom. The summed E-state index contributed by atoms with van der Waals surface area (Å²) in [6.07, 6.45) is 3.95. The first kappa shape index (κ1) is 22.1. The number of carbonyl (C=O) groups excluding carboxylic acids is 2. The lowest BCUT2D eigenvalue weighted by Gasteiger charge is -2.31. The molecule has 0 bridgehead atoms. The van der Waals surface area contributed by atoms with Crippen LogP contribution in [-0.4, -0.2) is 81.4 Å². The van der Waals surface area contributed by atoms with Gasteiger partial charge >= 0.3 is 6.09 Å². The monoisotopic (exact) mass is 431 g/mol. The molecule has 2 unspecified atom stereocenters. The van der Waals surface area contributed by atoms with Gasteiger partial charge in [0.05, 0.1) is 5.69 Å². The molecule has 0 radical (unpaired) electrons. The maximum atomic E-state index is 12.4. The van der Waals surface area contributed by atoms with E-state index in [9.17, 15) is 9.59 Å². The molecule has 0 spiro atoms. The van der Waals surface area contributed by atoms with Crippen molar-refractivity contribution in [1.82, 2.24) is 24.5 Å². The molecule has 2 amide bonds. The number of hydrogen-bond acceptors (Lipinski definition) is 5. The topological polar surface area (TPSA) is 70.9 Å². The van der Waals surface area contributed by atoms with Crippen LogP contribution in [0, 0.1) is 11.8 Å². The number of aryl methyl sites for hydroxylation is 1. The lowest BCUT2D eigenvalue weighted by molar-refractivity contribution is -0.129. The molecule has 4 rings (SSSR count). The van der Waals surface area contributed by atoms with E-state index in [2.05, 4.69) is 11.1 Å². The molecule has 3 aliphatic rings. The molecular weight excluding hydrogens is 394 g/mol. The largest absolute Gasteiger partial charge is 0.444 e. The molecule has 172 valence electrons. The second kappa shape index (κ2) is 8.45. The molecular formula is C23H37N5O3. The number of fused-ring (bicyclic) bond motifs is 1. The molecule has 2 atom stereocenters. The first-order valence-electron chi connectivity index (χ1n) is 11.6. The normalized spacial score (nSPS) is 25.2. The van der Waals surface area contributed by atoms with Gasteiger partial charge in [-0.15, -0.1) is 0 Å². The van der Waals surface area contributed by atoms with E-state index in [4.69, 9.17) is 9.84 Å². The van der Waals surface area contributed by atoms with Crippen LogP contribution in [0.5, 0.6) is 0 Å². The Balaban J connectivity index is 1.33. The van der Waals surface area contributed by atoms with Crippen molar-refractivity contribution in [3.63, 3.8) is 0 Å². The van der Waals surface area contributed by atoms with Crippen molar-refractivity contribution in [3.8, 4) is 0 Å². The van der Waals surface area contributed by atoms with Crippen LogP contribution in [0.2, 0.25) is 0 Å². The molecule has 0 aliphatic carbocycles. The minimum Gasteiger partial charge on any atom is -0.444 e. The van der Waals surface area contributed by atoms with Gasteiger partial charge in [0, 0.05) is 77.5 Å². The highest BCUT2D eigenvalue weighted by Gasteiger charge is 2.43. The minimum absolute atomic E-state index is 0.170. The SMILES string of the molecule is CC(=O)N1CCC(c2nn(C)cc2CN2CC3CN(C(=O)OC(C)(C)C)CC3C2)CC1. The molecule has 3 saturated heterocycles. The quantitative estimate of drug-likeness (QED) is 0.735. The van der Waals surface area contributed by atoms with Crippen molar-refractivity contribution in [1.29, 1.82) is 0 Å². The molecule has 3 fully saturated rings. The second-order valence-electron chi connectivity index (χ2n) is 10.6. The molecule has 0 saturated carbocycles. The molecule has 8 heteroatoms. The number of piperidine rings is 1. The Morgan fingerprint density at radius 1 is 1.06 bits per heavy atom. The second-order valence-corrected chi connectivity index (χ2v) is 10.6. The fraction of sp³-hybridized carbons (Fsp3) is 0.783. The first-order valence-corrected chi connectivity index (χ1v) is 11.6. The number of nitrogens with zero attached hydrogens (tertiary/aromatic N) is 5. The van der Waals surface area contributed by atoms with Crippen molar-refractivity contribution in [3.05, 3.63) is 17.5 Å². The van der Waals surface area contributed by atoms with Crippen molar-refractivity contribution in [2.24, 2.45) is 18.9 Å². The van der Waals surface area contributed by atoms with Gasteiger partial charge in [0.25, 0.3) is 0 Å². The van der Waals surface area contributed by atoms with Crippen LogP contribution in [-0.2, 0) is 23.1 Å². The van der Waals surface area contributed by atoms with Gasteiger partial charge in [-0.25, -0.2) is 4.79 Å². The number of aromatic nitrogens is 2. The molecule has 8 nitrogen and oxygen atoms in total. The van der Waals surface area contributed by atoms with Crippen LogP contribution in [0.25, 0.3) is 0 Å². The Labute approximate surface area is 185 Å². The van der Waals surface area contributed by atoms with Gasteiger partial charge in [-0.05, 0) is 45.4 Å². The lowest BCUT2D eigenvalue weighted by atomic mass is 9.91. The van der Waals surface area contributed by atoms with Crippen LogP contribution in [0.1, 0.15) is 57.7 Å². The zero-order chi connectivity index (χ0) is 22.3. The van der Waals surface area contributed by atoms with Gasteiger partial charge in [-0.1, -0.05) is 0 Å². The maximum absolute atomic E-state index is 12.4. The summed E-state index contributed by atoms with van der Waals surface area (Å²) in [5.74, 6) is 1.64. The van der Waals surface area contributed by atoms with Gasteiger partial charge in [-0.2, -0.15) is 5.10 Å². The van der Waals surface area contributed by atoms with E-state index >= 15 is 0 Å². The van der Waals surface area contributed by atoms with E-state index in [0.29, 0.717) is 17.8 Å². The van der Waals surface area contributed by atoms with Gasteiger partial charge in [-0.3, -0.25) is 14.4 Å². The summed E-state index contributed by atoms with van der Waals surface area (Å²) in [5.41, 5.74) is 2.07. The predicted molar refractivity (Wildman–Crippen MR) is 118 cm³/mol. The third kappa shape index (κ3) is 5.05.